The number of benzene rings is 3. The number of nitrogens with zero attached hydrogens (tertiary/aromatic N) is 3. The highest BCUT2D eigenvalue weighted by molar-refractivity contribution is 5.83. The molecule has 2 aromatic heterocycles. The van der Waals surface area contributed by atoms with Crippen molar-refractivity contribution in [1.29, 1.82) is 0 Å². The van der Waals surface area contributed by atoms with E-state index in [0.717, 1.165) is 11.1 Å². The molecule has 164 valence electrons. The van der Waals surface area contributed by atoms with E-state index in [0.29, 0.717) is 30.2 Å². The number of ether oxygens (including phenoxy) is 1. The van der Waals surface area contributed by atoms with Crippen LogP contribution in [0.5, 0.6) is 5.75 Å². The van der Waals surface area contributed by atoms with Crippen molar-refractivity contribution in [2.45, 2.75) is 20.1 Å². The van der Waals surface area contributed by atoms with Crippen molar-refractivity contribution in [1.82, 2.24) is 14.7 Å². The Kier molecular flexibility index (Phi) is 5.44. The van der Waals surface area contributed by atoms with Crippen LogP contribution in [0.3, 0.4) is 0 Å². The van der Waals surface area contributed by atoms with Gasteiger partial charge in [-0.15, -0.1) is 0 Å². The average molecular weight is 441 g/mol. The number of pyridine rings is 1. The molecule has 0 spiro atoms. The van der Waals surface area contributed by atoms with Gasteiger partial charge in [0.1, 0.15) is 23.7 Å². The third kappa shape index (κ3) is 4.13. The molecule has 0 saturated heterocycles. The lowest BCUT2D eigenvalue weighted by Crippen LogP contribution is -2.12. The molecule has 6 nitrogen and oxygen atoms in total. The normalized spacial score (nSPS) is 11.1. The van der Waals surface area contributed by atoms with Gasteiger partial charge in [-0.2, -0.15) is 4.98 Å². The Hall–Kier alpha value is -4.26. The van der Waals surface area contributed by atoms with Crippen LogP contribution >= 0.6 is 0 Å². The lowest BCUT2D eigenvalue weighted by Gasteiger charge is -2.09. The maximum absolute atomic E-state index is 13.8. The first kappa shape index (κ1) is 20.6. The van der Waals surface area contributed by atoms with Crippen molar-refractivity contribution in [3.05, 3.63) is 101 Å². The van der Waals surface area contributed by atoms with Gasteiger partial charge in [-0.3, -0.25) is 4.79 Å². The highest BCUT2D eigenvalue weighted by Gasteiger charge is 2.17. The van der Waals surface area contributed by atoms with E-state index < -0.39 is 5.82 Å². The molecule has 0 radical (unpaired) electrons. The fourth-order valence-electron chi connectivity index (χ4n) is 3.67. The van der Waals surface area contributed by atoms with Crippen LogP contribution in [0.4, 0.5) is 4.39 Å². The molecule has 0 fully saturated rings. The van der Waals surface area contributed by atoms with Crippen LogP contribution in [0, 0.1) is 5.82 Å². The van der Waals surface area contributed by atoms with Gasteiger partial charge in [0, 0.05) is 23.7 Å². The summed E-state index contributed by atoms with van der Waals surface area (Å²) in [5.41, 5.74) is 2.33. The minimum Gasteiger partial charge on any atom is -0.489 e. The predicted octanol–water partition coefficient (Wildman–Crippen LogP) is 5.46. The number of rotatable bonds is 6. The smallest absolute Gasteiger partial charge is 0.263 e. The number of halogens is 1. The van der Waals surface area contributed by atoms with Gasteiger partial charge in [0.25, 0.3) is 5.89 Å². The summed E-state index contributed by atoms with van der Waals surface area (Å²) in [4.78, 5) is 17.4. The molecule has 2 heterocycles. The van der Waals surface area contributed by atoms with Crippen LogP contribution in [-0.2, 0) is 13.2 Å². The van der Waals surface area contributed by atoms with Crippen LogP contribution in [0.25, 0.3) is 33.7 Å². The van der Waals surface area contributed by atoms with E-state index >= 15 is 0 Å². The van der Waals surface area contributed by atoms with Crippen molar-refractivity contribution in [2.24, 2.45) is 0 Å². The monoisotopic (exact) mass is 441 g/mol. The van der Waals surface area contributed by atoms with E-state index in [1.165, 1.54) is 12.1 Å². The van der Waals surface area contributed by atoms with Gasteiger partial charge >= 0.3 is 0 Å². The highest BCUT2D eigenvalue weighted by atomic mass is 19.1. The fraction of sp³-hybridized carbons (Fsp3) is 0.115. The zero-order valence-corrected chi connectivity index (χ0v) is 17.9. The standard InChI is InChI=1S/C26H20FN3O3/c1-2-30-15-22(24(31)21-14-19(27)10-13-23(21)30)26-28-25(29-33-26)18-8-11-20(12-9-18)32-16-17-6-4-3-5-7-17/h3-15H,2,16H2,1H3. The minimum atomic E-state index is -0.472. The van der Waals surface area contributed by atoms with Gasteiger partial charge in [0.2, 0.25) is 11.3 Å². The summed E-state index contributed by atoms with van der Waals surface area (Å²) in [6.07, 6.45) is 1.67. The van der Waals surface area contributed by atoms with E-state index in [9.17, 15) is 9.18 Å². The molecule has 33 heavy (non-hydrogen) atoms. The number of hydrogen-bond donors (Lipinski definition) is 0. The van der Waals surface area contributed by atoms with E-state index in [4.69, 9.17) is 9.26 Å². The first-order chi connectivity index (χ1) is 16.1. The van der Waals surface area contributed by atoms with Gasteiger partial charge < -0.3 is 13.8 Å². The summed E-state index contributed by atoms with van der Waals surface area (Å²) in [7, 11) is 0. The second kappa shape index (κ2) is 8.70. The molecule has 5 rings (SSSR count). The van der Waals surface area contributed by atoms with Crippen LogP contribution < -0.4 is 10.2 Å². The van der Waals surface area contributed by atoms with Crippen molar-refractivity contribution >= 4 is 10.9 Å². The van der Waals surface area contributed by atoms with Gasteiger partial charge in [-0.05, 0) is 55.0 Å². The summed E-state index contributed by atoms with van der Waals surface area (Å²) < 4.78 is 26.9. The Labute approximate surface area is 188 Å². The summed E-state index contributed by atoms with van der Waals surface area (Å²) in [5.74, 6) is 0.683. The lowest BCUT2D eigenvalue weighted by atomic mass is 10.1. The Morgan fingerprint density at radius 1 is 1.03 bits per heavy atom. The van der Waals surface area contributed by atoms with Crippen molar-refractivity contribution < 1.29 is 13.7 Å². The second-order valence-corrected chi connectivity index (χ2v) is 7.54. The maximum Gasteiger partial charge on any atom is 0.263 e. The number of hydrogen-bond acceptors (Lipinski definition) is 5. The van der Waals surface area contributed by atoms with Gasteiger partial charge in [-0.25, -0.2) is 4.39 Å². The molecular formula is C26H20FN3O3. The van der Waals surface area contributed by atoms with E-state index in [2.05, 4.69) is 10.1 Å². The molecule has 0 N–H and O–H groups in total. The summed E-state index contributed by atoms with van der Waals surface area (Å²) >= 11 is 0. The topological polar surface area (TPSA) is 70.2 Å². The Bertz CT molecular complexity index is 1470. The predicted molar refractivity (Wildman–Crippen MR) is 123 cm³/mol. The molecule has 0 aliphatic carbocycles. The molecule has 0 bridgehead atoms. The van der Waals surface area contributed by atoms with Gasteiger partial charge in [-0.1, -0.05) is 35.5 Å². The molecule has 5 aromatic rings. The molecule has 0 unspecified atom stereocenters. The fourth-order valence-corrected chi connectivity index (χ4v) is 3.67. The molecule has 0 amide bonds. The Morgan fingerprint density at radius 3 is 2.58 bits per heavy atom. The molecule has 0 saturated carbocycles. The molecule has 0 atom stereocenters. The van der Waals surface area contributed by atoms with E-state index in [-0.39, 0.29) is 22.3 Å². The van der Waals surface area contributed by atoms with E-state index in [1.54, 1.807) is 12.3 Å². The maximum atomic E-state index is 13.8. The van der Waals surface area contributed by atoms with Crippen LogP contribution in [0.1, 0.15) is 12.5 Å². The van der Waals surface area contributed by atoms with Crippen LogP contribution in [-0.4, -0.2) is 14.7 Å². The molecule has 0 aliphatic heterocycles. The van der Waals surface area contributed by atoms with Crippen LogP contribution in [0.15, 0.2) is 88.3 Å². The first-order valence-electron chi connectivity index (χ1n) is 10.6. The van der Waals surface area contributed by atoms with Crippen LogP contribution in [0.2, 0.25) is 0 Å². The third-order valence-corrected chi connectivity index (χ3v) is 5.40. The number of aromatic nitrogens is 3. The largest absolute Gasteiger partial charge is 0.489 e. The Morgan fingerprint density at radius 2 is 1.82 bits per heavy atom. The van der Waals surface area contributed by atoms with Crippen molar-refractivity contribution in [3.63, 3.8) is 0 Å². The summed E-state index contributed by atoms with van der Waals surface area (Å²) in [5, 5.41) is 4.30. The third-order valence-electron chi connectivity index (χ3n) is 5.40. The van der Waals surface area contributed by atoms with Crippen molar-refractivity contribution in [3.8, 4) is 28.6 Å². The minimum absolute atomic E-state index is 0.0905. The van der Waals surface area contributed by atoms with E-state index in [1.807, 2.05) is 66.1 Å². The molecule has 0 aliphatic rings. The average Bonchev–Trinajstić information content (AvgIpc) is 3.34. The van der Waals surface area contributed by atoms with Crippen molar-refractivity contribution in [2.75, 3.05) is 0 Å². The molecule has 7 heteroatoms. The Balaban J connectivity index is 1.42. The number of aryl methyl sites for hydroxylation is 1. The van der Waals surface area contributed by atoms with Gasteiger partial charge in [0.05, 0.1) is 5.52 Å². The first-order valence-corrected chi connectivity index (χ1v) is 10.6. The van der Waals surface area contributed by atoms with Gasteiger partial charge in [0.15, 0.2) is 0 Å². The lowest BCUT2D eigenvalue weighted by molar-refractivity contribution is 0.306. The quantitative estimate of drug-likeness (QED) is 0.350. The zero-order chi connectivity index (χ0) is 22.8. The molecule has 3 aromatic carbocycles. The zero-order valence-electron chi connectivity index (χ0n) is 17.9. The summed E-state index contributed by atoms with van der Waals surface area (Å²) in [6.45, 7) is 3.01. The number of fused-ring (bicyclic) bond motifs is 1. The summed E-state index contributed by atoms with van der Waals surface area (Å²) in [6, 6.07) is 21.4. The SMILES string of the molecule is CCn1cc(-c2nc(-c3ccc(OCc4ccccc4)cc3)no2)c(=O)c2cc(F)ccc21. The second-order valence-electron chi connectivity index (χ2n) is 7.54. The molecular weight excluding hydrogens is 421 g/mol. The highest BCUT2D eigenvalue weighted by Crippen LogP contribution is 2.24.